The number of likely N-dealkylation sites (tertiary alicyclic amines) is 1. The molecule has 0 aliphatic carbocycles. The summed E-state index contributed by atoms with van der Waals surface area (Å²) in [4.78, 5) is 7.04. The molecule has 4 heteroatoms. The Balaban J connectivity index is 1.65. The molecule has 1 aliphatic heterocycles. The van der Waals surface area contributed by atoms with E-state index in [1.54, 1.807) is 0 Å². The average molecular weight is 348 g/mol. The van der Waals surface area contributed by atoms with Crippen molar-refractivity contribution in [2.24, 2.45) is 0 Å². The van der Waals surface area contributed by atoms with E-state index in [4.69, 9.17) is 0 Å². The fourth-order valence-corrected chi connectivity index (χ4v) is 3.51. The van der Waals surface area contributed by atoms with Gasteiger partial charge in [-0.2, -0.15) is 0 Å². The summed E-state index contributed by atoms with van der Waals surface area (Å²) in [7, 11) is 2.25. The molecule has 112 valence electrons. The minimum Gasteiger partial charge on any atom is -0.383 e. The Morgan fingerprint density at radius 1 is 1.38 bits per heavy atom. The van der Waals surface area contributed by atoms with Gasteiger partial charge in [-0.25, -0.2) is 0 Å². The van der Waals surface area contributed by atoms with Crippen LogP contribution in [0.15, 0.2) is 34.9 Å². The van der Waals surface area contributed by atoms with Gasteiger partial charge in [0.15, 0.2) is 0 Å². The van der Waals surface area contributed by atoms with Gasteiger partial charge in [-0.3, -0.25) is 4.98 Å². The van der Waals surface area contributed by atoms with Gasteiger partial charge in [-0.05, 0) is 60.9 Å². The number of piperidine rings is 1. The Morgan fingerprint density at radius 3 is 3.14 bits per heavy atom. The lowest BCUT2D eigenvalue weighted by Crippen LogP contribution is -2.37. The number of halogens is 1. The third-order valence-corrected chi connectivity index (χ3v) is 4.83. The van der Waals surface area contributed by atoms with Crippen LogP contribution >= 0.6 is 15.9 Å². The number of nitrogens with one attached hydrogen (secondary N) is 1. The summed E-state index contributed by atoms with van der Waals surface area (Å²) >= 11 is 3.48. The number of rotatable bonds is 4. The lowest BCUT2D eigenvalue weighted by Gasteiger charge is -2.32. The molecule has 3 nitrogen and oxygen atoms in total. The van der Waals surface area contributed by atoms with Crippen molar-refractivity contribution in [2.75, 3.05) is 25.5 Å². The first-order chi connectivity index (χ1) is 10.2. The minimum absolute atomic E-state index is 0.725. The second-order valence-electron chi connectivity index (χ2n) is 5.88. The first kappa shape index (κ1) is 14.8. The number of para-hydroxylation sites is 1. The van der Waals surface area contributed by atoms with E-state index in [1.807, 2.05) is 6.20 Å². The third kappa shape index (κ3) is 3.55. The molecule has 1 atom stereocenters. The number of benzene rings is 1. The quantitative estimate of drug-likeness (QED) is 0.894. The van der Waals surface area contributed by atoms with Crippen LogP contribution in [0.4, 0.5) is 5.69 Å². The molecule has 0 bridgehead atoms. The largest absolute Gasteiger partial charge is 0.383 e. The van der Waals surface area contributed by atoms with Crippen molar-refractivity contribution in [3.8, 4) is 0 Å². The zero-order valence-corrected chi connectivity index (χ0v) is 14.1. The summed E-state index contributed by atoms with van der Waals surface area (Å²) in [5.41, 5.74) is 2.19. The zero-order chi connectivity index (χ0) is 14.7. The number of fused-ring (bicyclic) bond motifs is 1. The summed E-state index contributed by atoms with van der Waals surface area (Å²) in [6, 6.07) is 9.15. The van der Waals surface area contributed by atoms with Crippen LogP contribution in [0.3, 0.4) is 0 Å². The minimum atomic E-state index is 0.725. The third-order valence-electron chi connectivity index (χ3n) is 4.39. The molecule has 1 unspecified atom stereocenters. The van der Waals surface area contributed by atoms with E-state index in [0.29, 0.717) is 0 Å². The van der Waals surface area contributed by atoms with Crippen molar-refractivity contribution in [1.82, 2.24) is 9.88 Å². The highest BCUT2D eigenvalue weighted by atomic mass is 79.9. The molecule has 0 radical (unpaired) electrons. The fraction of sp³-hybridized carbons (Fsp3) is 0.471. The maximum atomic E-state index is 4.54. The molecule has 1 saturated heterocycles. The standard InChI is InChI=1S/C17H22BrN3/c1-21-10-3-2-6-15(21)8-9-19-16-7-4-5-13-11-14(18)12-20-17(13)16/h4-5,7,11-12,15,19H,2-3,6,8-10H2,1H3. The number of hydrogen-bond acceptors (Lipinski definition) is 3. The number of pyridine rings is 1. The molecule has 0 saturated carbocycles. The second kappa shape index (κ2) is 6.75. The lowest BCUT2D eigenvalue weighted by atomic mass is 10.00. The Hall–Kier alpha value is -1.13. The molecule has 2 aromatic rings. The monoisotopic (exact) mass is 347 g/mol. The topological polar surface area (TPSA) is 28.2 Å². The number of nitrogens with zero attached hydrogens (tertiary/aromatic N) is 2. The Morgan fingerprint density at radius 2 is 2.29 bits per heavy atom. The van der Waals surface area contributed by atoms with Gasteiger partial charge >= 0.3 is 0 Å². The van der Waals surface area contributed by atoms with E-state index < -0.39 is 0 Å². The molecule has 1 N–H and O–H groups in total. The maximum absolute atomic E-state index is 4.54. The highest BCUT2D eigenvalue weighted by molar-refractivity contribution is 9.10. The summed E-state index contributed by atoms with van der Waals surface area (Å²) < 4.78 is 1.02. The molecule has 0 spiro atoms. The Bertz CT molecular complexity index is 614. The number of hydrogen-bond donors (Lipinski definition) is 1. The lowest BCUT2D eigenvalue weighted by molar-refractivity contribution is 0.179. The predicted molar refractivity (Wildman–Crippen MR) is 92.8 cm³/mol. The van der Waals surface area contributed by atoms with Gasteiger partial charge < -0.3 is 10.2 Å². The van der Waals surface area contributed by atoms with Gasteiger partial charge in [0, 0.05) is 28.6 Å². The summed E-state index contributed by atoms with van der Waals surface area (Å²) in [5.74, 6) is 0. The van der Waals surface area contributed by atoms with Crippen molar-refractivity contribution in [3.63, 3.8) is 0 Å². The Kier molecular flexibility index (Phi) is 4.76. The predicted octanol–water partition coefficient (Wildman–Crippen LogP) is 4.28. The average Bonchev–Trinajstić information content (AvgIpc) is 2.49. The molecule has 1 aromatic heterocycles. The van der Waals surface area contributed by atoms with Crippen LogP contribution in [0.2, 0.25) is 0 Å². The maximum Gasteiger partial charge on any atom is 0.0934 e. The van der Waals surface area contributed by atoms with Crippen LogP contribution in [0.1, 0.15) is 25.7 Å². The smallest absolute Gasteiger partial charge is 0.0934 e. The molecular formula is C17H22BrN3. The molecule has 0 amide bonds. The van der Waals surface area contributed by atoms with Gasteiger partial charge in [0.05, 0.1) is 11.2 Å². The van der Waals surface area contributed by atoms with E-state index in [-0.39, 0.29) is 0 Å². The first-order valence-electron chi connectivity index (χ1n) is 7.72. The summed E-state index contributed by atoms with van der Waals surface area (Å²) in [6.07, 6.45) is 7.12. The highest BCUT2D eigenvalue weighted by Gasteiger charge is 2.18. The van der Waals surface area contributed by atoms with Crippen molar-refractivity contribution >= 4 is 32.5 Å². The molecule has 1 aromatic carbocycles. The van der Waals surface area contributed by atoms with Crippen LogP contribution in [0, 0.1) is 0 Å². The van der Waals surface area contributed by atoms with Crippen molar-refractivity contribution in [1.29, 1.82) is 0 Å². The highest BCUT2D eigenvalue weighted by Crippen LogP contribution is 2.24. The van der Waals surface area contributed by atoms with Crippen LogP contribution in [0.25, 0.3) is 10.9 Å². The Labute approximate surface area is 134 Å². The molecular weight excluding hydrogens is 326 g/mol. The van der Waals surface area contributed by atoms with Crippen molar-refractivity contribution in [2.45, 2.75) is 31.7 Å². The van der Waals surface area contributed by atoms with Crippen LogP contribution in [-0.2, 0) is 0 Å². The summed E-state index contributed by atoms with van der Waals surface area (Å²) in [5, 5.41) is 4.74. The van der Waals surface area contributed by atoms with Crippen LogP contribution in [0.5, 0.6) is 0 Å². The van der Waals surface area contributed by atoms with E-state index >= 15 is 0 Å². The van der Waals surface area contributed by atoms with E-state index in [0.717, 1.165) is 28.3 Å². The van der Waals surface area contributed by atoms with Gasteiger partial charge in [-0.15, -0.1) is 0 Å². The second-order valence-corrected chi connectivity index (χ2v) is 6.79. The van der Waals surface area contributed by atoms with Gasteiger partial charge in [0.25, 0.3) is 0 Å². The van der Waals surface area contributed by atoms with Crippen LogP contribution < -0.4 is 5.32 Å². The molecule has 2 heterocycles. The SMILES string of the molecule is CN1CCCCC1CCNc1cccc2cc(Br)cnc12. The van der Waals surface area contributed by atoms with Gasteiger partial charge in [-0.1, -0.05) is 18.6 Å². The molecule has 21 heavy (non-hydrogen) atoms. The van der Waals surface area contributed by atoms with Gasteiger partial charge in [0.1, 0.15) is 0 Å². The first-order valence-corrected chi connectivity index (χ1v) is 8.52. The number of aromatic nitrogens is 1. The number of anilines is 1. The van der Waals surface area contributed by atoms with E-state index in [1.165, 1.54) is 37.6 Å². The molecule has 1 fully saturated rings. The molecule has 1 aliphatic rings. The van der Waals surface area contributed by atoms with E-state index in [2.05, 4.69) is 62.4 Å². The van der Waals surface area contributed by atoms with Gasteiger partial charge in [0.2, 0.25) is 0 Å². The normalized spacial score (nSPS) is 19.8. The fourth-order valence-electron chi connectivity index (χ4n) is 3.16. The van der Waals surface area contributed by atoms with Crippen LogP contribution in [-0.4, -0.2) is 36.1 Å². The van der Waals surface area contributed by atoms with E-state index in [9.17, 15) is 0 Å². The van der Waals surface area contributed by atoms with Crippen molar-refractivity contribution < 1.29 is 0 Å². The van der Waals surface area contributed by atoms with Crippen molar-refractivity contribution in [3.05, 3.63) is 34.9 Å². The summed E-state index contributed by atoms with van der Waals surface area (Å²) in [6.45, 7) is 2.25. The molecule has 3 rings (SSSR count). The zero-order valence-electron chi connectivity index (χ0n) is 12.5.